The summed E-state index contributed by atoms with van der Waals surface area (Å²) < 4.78 is 70.8. The molecule has 0 amide bonds. The topological polar surface area (TPSA) is 114 Å². The van der Waals surface area contributed by atoms with Crippen LogP contribution in [0.1, 0.15) is 25.8 Å². The number of carboxylic acids is 1. The Morgan fingerprint density at radius 1 is 1.34 bits per heavy atom. The Morgan fingerprint density at radius 2 is 1.97 bits per heavy atom. The summed E-state index contributed by atoms with van der Waals surface area (Å²) in [6.07, 6.45) is 0.347. The number of alkyl halides is 3. The van der Waals surface area contributed by atoms with Crippen molar-refractivity contribution in [3.8, 4) is 5.75 Å². The van der Waals surface area contributed by atoms with E-state index in [1.807, 2.05) is 0 Å². The lowest BCUT2D eigenvalue weighted by Crippen LogP contribution is -2.48. The average molecular weight is 535 g/mol. The number of methoxy groups -OCH3 is 1. The number of nitrogens with zero attached hydrogens (tertiary/aromatic N) is 1. The number of oxime groups is 1. The van der Waals surface area contributed by atoms with E-state index in [1.54, 1.807) is 31.2 Å². The molecular formula is C22H25F3N2O6S2. The highest BCUT2D eigenvalue weighted by Gasteiger charge is 2.73. The number of hydrogen-bond acceptors (Lipinski definition) is 7. The standard InChI is InChI=1S/C22H25F3N2O6S2/c1-14(26-33-15(2)22(23,24)25)9-8-12-18(34-5)35(30,31)27-21(19(28)29)13-20(21,3)16-10-6-7-11-17(16)32-4/h6-12,27H,2,13H2,1,3-5H3,(H,28,29)/b9-8+,18-12+,26-14+. The molecule has 2 N–H and O–H groups in total. The first-order chi connectivity index (χ1) is 16.1. The fourth-order valence-electron chi connectivity index (χ4n) is 3.44. The number of aliphatic carboxylic acids is 1. The summed E-state index contributed by atoms with van der Waals surface area (Å²) in [7, 11) is -2.85. The Morgan fingerprint density at radius 3 is 2.51 bits per heavy atom. The number of sulfonamides is 1. The van der Waals surface area contributed by atoms with Crippen molar-refractivity contribution in [3.63, 3.8) is 0 Å². The zero-order valence-corrected chi connectivity index (χ0v) is 21.0. The number of benzene rings is 1. The first kappa shape index (κ1) is 28.5. The first-order valence-electron chi connectivity index (χ1n) is 9.95. The van der Waals surface area contributed by atoms with Gasteiger partial charge in [-0.3, -0.25) is 4.79 Å². The van der Waals surface area contributed by atoms with Crippen LogP contribution in [0.25, 0.3) is 0 Å². The van der Waals surface area contributed by atoms with Gasteiger partial charge < -0.3 is 14.7 Å². The maximum Gasteiger partial charge on any atom is 0.451 e. The maximum absolute atomic E-state index is 13.1. The first-order valence-corrected chi connectivity index (χ1v) is 12.7. The molecule has 1 aromatic carbocycles. The third kappa shape index (κ3) is 6.08. The summed E-state index contributed by atoms with van der Waals surface area (Å²) in [4.78, 5) is 16.4. The van der Waals surface area contributed by atoms with Crippen LogP contribution >= 0.6 is 11.8 Å². The molecule has 0 heterocycles. The zero-order chi connectivity index (χ0) is 26.7. The highest BCUT2D eigenvalue weighted by molar-refractivity contribution is 8.17. The molecule has 0 saturated heterocycles. The van der Waals surface area contributed by atoms with Crippen molar-refractivity contribution < 1.29 is 41.1 Å². The number of thioether (sulfide) groups is 1. The molecule has 2 atom stereocenters. The van der Waals surface area contributed by atoms with Gasteiger partial charge in [-0.05, 0) is 44.4 Å². The van der Waals surface area contributed by atoms with Gasteiger partial charge in [0, 0.05) is 11.0 Å². The third-order valence-corrected chi connectivity index (χ3v) is 8.44. The highest BCUT2D eigenvalue weighted by atomic mass is 32.3. The van der Waals surface area contributed by atoms with Gasteiger partial charge in [0.1, 0.15) is 15.5 Å². The molecular weight excluding hydrogens is 509 g/mol. The monoisotopic (exact) mass is 534 g/mol. The summed E-state index contributed by atoms with van der Waals surface area (Å²) in [6.45, 7) is 5.69. The third-order valence-electron chi connectivity index (χ3n) is 5.46. The van der Waals surface area contributed by atoms with E-state index in [0.717, 1.165) is 11.8 Å². The molecule has 0 aromatic heterocycles. The van der Waals surface area contributed by atoms with Gasteiger partial charge in [-0.2, -0.15) is 17.9 Å². The number of rotatable bonds is 11. The lowest BCUT2D eigenvalue weighted by atomic mass is 9.92. The smallest absolute Gasteiger partial charge is 0.451 e. The van der Waals surface area contributed by atoms with Crippen molar-refractivity contribution in [2.45, 2.75) is 37.4 Å². The number of hydrogen-bond donors (Lipinski definition) is 2. The van der Waals surface area contributed by atoms with Gasteiger partial charge in [-0.15, -0.1) is 11.8 Å². The Hall–Kier alpha value is -2.77. The van der Waals surface area contributed by atoms with Crippen molar-refractivity contribution in [1.29, 1.82) is 0 Å². The van der Waals surface area contributed by atoms with E-state index in [9.17, 15) is 31.5 Å². The van der Waals surface area contributed by atoms with Crippen LogP contribution in [0.15, 0.2) is 64.2 Å². The Labute approximate surface area is 205 Å². The van der Waals surface area contributed by atoms with Gasteiger partial charge in [0.15, 0.2) is 0 Å². The van der Waals surface area contributed by atoms with Crippen LogP contribution in [0.3, 0.4) is 0 Å². The van der Waals surface area contributed by atoms with Gasteiger partial charge in [0.2, 0.25) is 15.8 Å². The summed E-state index contributed by atoms with van der Waals surface area (Å²) in [5, 5.41) is 13.2. The number of ether oxygens (including phenoxy) is 1. The van der Waals surface area contributed by atoms with Gasteiger partial charge in [-0.1, -0.05) is 36.4 Å². The summed E-state index contributed by atoms with van der Waals surface area (Å²) in [5.41, 5.74) is -2.32. The van der Waals surface area contributed by atoms with E-state index < -0.39 is 38.9 Å². The van der Waals surface area contributed by atoms with E-state index >= 15 is 0 Å². The molecule has 0 aliphatic heterocycles. The second-order valence-corrected chi connectivity index (χ2v) is 10.6. The highest BCUT2D eigenvalue weighted by Crippen LogP contribution is 2.60. The number of carbonyl (C=O) groups is 1. The van der Waals surface area contributed by atoms with Crippen LogP contribution < -0.4 is 9.46 Å². The minimum atomic E-state index is -4.76. The molecule has 192 valence electrons. The quantitative estimate of drug-likeness (QED) is 0.188. The molecule has 1 aliphatic carbocycles. The van der Waals surface area contributed by atoms with Crippen LogP contribution in [0.2, 0.25) is 0 Å². The average Bonchev–Trinajstić information content (AvgIpc) is 3.39. The normalized spacial score (nSPS) is 23.3. The molecule has 13 heteroatoms. The molecule has 1 saturated carbocycles. The van der Waals surface area contributed by atoms with Crippen LogP contribution in [0.4, 0.5) is 13.2 Å². The van der Waals surface area contributed by atoms with E-state index in [1.165, 1.54) is 38.5 Å². The number of para-hydroxylation sites is 1. The van der Waals surface area contributed by atoms with E-state index in [2.05, 4.69) is 21.3 Å². The fraction of sp³-hybridized carbons (Fsp3) is 0.364. The minimum absolute atomic E-state index is 0.00136. The van der Waals surface area contributed by atoms with Crippen molar-refractivity contribution in [2.75, 3.05) is 13.4 Å². The van der Waals surface area contributed by atoms with Gasteiger partial charge in [0.05, 0.1) is 12.8 Å². The van der Waals surface area contributed by atoms with Crippen molar-refractivity contribution in [3.05, 3.63) is 64.6 Å². The number of nitrogens with one attached hydrogen (secondary N) is 1. The van der Waals surface area contributed by atoms with Crippen molar-refractivity contribution >= 4 is 33.5 Å². The molecule has 1 aromatic rings. The maximum atomic E-state index is 13.1. The number of allylic oxidation sites excluding steroid dienone is 4. The Bertz CT molecular complexity index is 1190. The number of carboxylic acid groups (broad SMARTS) is 1. The molecule has 8 nitrogen and oxygen atoms in total. The Balaban J connectivity index is 2.28. The predicted octanol–water partition coefficient (Wildman–Crippen LogP) is 4.33. The molecule has 0 radical (unpaired) electrons. The molecule has 2 rings (SSSR count). The predicted molar refractivity (Wildman–Crippen MR) is 128 cm³/mol. The van der Waals surface area contributed by atoms with Crippen molar-refractivity contribution in [2.24, 2.45) is 5.16 Å². The molecule has 1 aliphatic rings. The SMILES string of the molecule is C=C(O/N=C(C)/C=C/C=C(\SC)S(=O)(=O)NC1(C(=O)O)CC1(C)c1ccccc1OC)C(F)(F)F. The number of halogens is 3. The van der Waals surface area contributed by atoms with E-state index in [4.69, 9.17) is 4.74 Å². The van der Waals surface area contributed by atoms with E-state index in [0.29, 0.717) is 11.3 Å². The molecule has 35 heavy (non-hydrogen) atoms. The zero-order valence-electron chi connectivity index (χ0n) is 19.3. The lowest BCUT2D eigenvalue weighted by molar-refractivity contribution is -0.140. The molecule has 2 unspecified atom stereocenters. The van der Waals surface area contributed by atoms with E-state index in [-0.39, 0.29) is 16.4 Å². The molecule has 1 fully saturated rings. The van der Waals surface area contributed by atoms with Gasteiger partial charge in [-0.25, -0.2) is 8.42 Å². The van der Waals surface area contributed by atoms with Crippen molar-refractivity contribution in [1.82, 2.24) is 4.72 Å². The largest absolute Gasteiger partial charge is 0.496 e. The van der Waals surface area contributed by atoms with Crippen LogP contribution in [-0.4, -0.2) is 50.3 Å². The van der Waals surface area contributed by atoms with Crippen LogP contribution in [0, 0.1) is 0 Å². The fourth-order valence-corrected chi connectivity index (χ4v) is 5.86. The minimum Gasteiger partial charge on any atom is -0.496 e. The van der Waals surface area contributed by atoms with Crippen LogP contribution in [-0.2, 0) is 25.1 Å². The van der Waals surface area contributed by atoms with Gasteiger partial charge >= 0.3 is 12.1 Å². The lowest BCUT2D eigenvalue weighted by Gasteiger charge is -2.23. The second kappa shape index (κ2) is 10.5. The molecule has 0 bridgehead atoms. The van der Waals surface area contributed by atoms with Gasteiger partial charge in [0.25, 0.3) is 0 Å². The van der Waals surface area contributed by atoms with Crippen LogP contribution in [0.5, 0.6) is 5.75 Å². The molecule has 0 spiro atoms. The second-order valence-electron chi connectivity index (χ2n) is 7.82. The summed E-state index contributed by atoms with van der Waals surface area (Å²) in [5.74, 6) is -2.40. The summed E-state index contributed by atoms with van der Waals surface area (Å²) >= 11 is 0.842. The Kier molecular flexibility index (Phi) is 8.51. The summed E-state index contributed by atoms with van der Waals surface area (Å²) in [6, 6.07) is 6.77.